The highest BCUT2D eigenvalue weighted by Crippen LogP contribution is 2.29. The predicted octanol–water partition coefficient (Wildman–Crippen LogP) is 2.17. The van der Waals surface area contributed by atoms with Gasteiger partial charge in [0.2, 0.25) is 0 Å². The van der Waals surface area contributed by atoms with Crippen molar-refractivity contribution in [3.63, 3.8) is 0 Å². The van der Waals surface area contributed by atoms with Crippen LogP contribution in [0.5, 0.6) is 0 Å². The van der Waals surface area contributed by atoms with Crippen LogP contribution in [0, 0.1) is 0 Å². The largest absolute Gasteiger partial charge is 0.337 e. The smallest absolute Gasteiger partial charge is 0.274 e. The molecule has 0 radical (unpaired) electrons. The Morgan fingerprint density at radius 2 is 2.04 bits per heavy atom. The first-order chi connectivity index (χ1) is 11.2. The van der Waals surface area contributed by atoms with Crippen molar-refractivity contribution in [2.75, 3.05) is 0 Å². The van der Waals surface area contributed by atoms with E-state index in [2.05, 4.69) is 15.0 Å². The number of carbonyl (C=O) groups is 1. The van der Waals surface area contributed by atoms with Gasteiger partial charge in [-0.25, -0.2) is 9.97 Å². The third-order valence-electron chi connectivity index (χ3n) is 4.15. The Labute approximate surface area is 133 Å². The molecule has 0 saturated heterocycles. The lowest BCUT2D eigenvalue weighted by atomic mass is 10.2. The molecule has 3 aromatic rings. The van der Waals surface area contributed by atoms with Gasteiger partial charge >= 0.3 is 0 Å². The maximum absolute atomic E-state index is 12.9. The second-order valence-corrected chi connectivity index (χ2v) is 5.86. The highest BCUT2D eigenvalue weighted by Gasteiger charge is 2.34. The molecule has 6 nitrogen and oxygen atoms in total. The molecule has 1 amide bonds. The summed E-state index contributed by atoms with van der Waals surface area (Å²) in [6.45, 7) is 0.501. The minimum absolute atomic E-state index is 0.0752. The van der Waals surface area contributed by atoms with Crippen molar-refractivity contribution in [3.8, 4) is 0 Å². The fraction of sp³-hybridized carbons (Fsp3) is 0.294. The number of imidazole rings is 1. The lowest BCUT2D eigenvalue weighted by Gasteiger charge is -2.21. The summed E-state index contributed by atoms with van der Waals surface area (Å²) in [5.41, 5.74) is 1.93. The van der Waals surface area contributed by atoms with Crippen LogP contribution in [0.3, 0.4) is 0 Å². The van der Waals surface area contributed by atoms with Gasteiger partial charge in [0.25, 0.3) is 5.91 Å². The maximum atomic E-state index is 12.9. The first-order valence-electron chi connectivity index (χ1n) is 7.71. The monoisotopic (exact) mass is 307 g/mol. The van der Waals surface area contributed by atoms with E-state index >= 15 is 0 Å². The zero-order chi connectivity index (χ0) is 15.8. The Morgan fingerprint density at radius 3 is 2.74 bits per heavy atom. The Hall–Kier alpha value is -2.76. The molecule has 1 aliphatic carbocycles. The number of hydrogen-bond acceptors (Lipinski definition) is 4. The summed E-state index contributed by atoms with van der Waals surface area (Å²) in [4.78, 5) is 27.9. The Kier molecular flexibility index (Phi) is 3.29. The SMILES string of the molecule is Cn1ccnc1CN(C(=O)c1cnc2ccccc2n1)C1CC1. The minimum Gasteiger partial charge on any atom is -0.337 e. The number of nitrogens with zero attached hydrogens (tertiary/aromatic N) is 5. The molecule has 1 fully saturated rings. The van der Waals surface area contributed by atoms with Gasteiger partial charge in [-0.1, -0.05) is 12.1 Å². The summed E-state index contributed by atoms with van der Waals surface area (Å²) in [6, 6.07) is 7.86. The van der Waals surface area contributed by atoms with Gasteiger partial charge in [-0.15, -0.1) is 0 Å². The van der Waals surface area contributed by atoms with Crippen molar-refractivity contribution >= 4 is 16.9 Å². The van der Waals surface area contributed by atoms with Crippen LogP contribution < -0.4 is 0 Å². The van der Waals surface area contributed by atoms with E-state index in [-0.39, 0.29) is 11.9 Å². The Balaban J connectivity index is 1.65. The number of hydrogen-bond donors (Lipinski definition) is 0. The molecule has 6 heteroatoms. The summed E-state index contributed by atoms with van der Waals surface area (Å²) < 4.78 is 1.94. The van der Waals surface area contributed by atoms with Gasteiger partial charge < -0.3 is 9.47 Å². The number of aryl methyl sites for hydroxylation is 1. The van der Waals surface area contributed by atoms with Crippen molar-refractivity contribution < 1.29 is 4.79 Å². The number of para-hydroxylation sites is 2. The number of amides is 1. The van der Waals surface area contributed by atoms with Crippen molar-refractivity contribution in [3.05, 3.63) is 54.4 Å². The van der Waals surface area contributed by atoms with Crippen molar-refractivity contribution in [1.29, 1.82) is 0 Å². The van der Waals surface area contributed by atoms with Crippen molar-refractivity contribution in [1.82, 2.24) is 24.4 Å². The molecule has 0 bridgehead atoms. The van der Waals surface area contributed by atoms with Gasteiger partial charge in [0.05, 0.1) is 23.8 Å². The second-order valence-electron chi connectivity index (χ2n) is 5.86. The molecule has 0 atom stereocenters. The van der Waals surface area contributed by atoms with E-state index in [4.69, 9.17) is 0 Å². The molecule has 23 heavy (non-hydrogen) atoms. The molecule has 0 aliphatic heterocycles. The van der Waals surface area contributed by atoms with Gasteiger partial charge in [-0.2, -0.15) is 0 Å². The van der Waals surface area contributed by atoms with Crippen LogP contribution in [0.4, 0.5) is 0 Å². The predicted molar refractivity (Wildman–Crippen MR) is 85.6 cm³/mol. The van der Waals surface area contributed by atoms with Gasteiger partial charge in [-0.3, -0.25) is 9.78 Å². The average Bonchev–Trinajstić information content (AvgIpc) is 3.34. The molecule has 2 heterocycles. The third kappa shape index (κ3) is 2.67. The lowest BCUT2D eigenvalue weighted by Crippen LogP contribution is -2.34. The first-order valence-corrected chi connectivity index (χ1v) is 7.71. The summed E-state index contributed by atoms with van der Waals surface area (Å²) in [7, 11) is 1.94. The maximum Gasteiger partial charge on any atom is 0.274 e. The van der Waals surface area contributed by atoms with E-state index in [1.807, 2.05) is 47.0 Å². The van der Waals surface area contributed by atoms with Gasteiger partial charge in [-0.05, 0) is 25.0 Å². The number of carbonyl (C=O) groups excluding carboxylic acids is 1. The van der Waals surface area contributed by atoms with Crippen molar-refractivity contribution in [2.24, 2.45) is 7.05 Å². The van der Waals surface area contributed by atoms with Crippen LogP contribution in [0.1, 0.15) is 29.2 Å². The molecule has 0 N–H and O–H groups in total. The summed E-state index contributed by atoms with van der Waals surface area (Å²) in [6.07, 6.45) is 7.29. The Bertz CT molecular complexity index is 868. The first kappa shape index (κ1) is 13.9. The fourth-order valence-corrected chi connectivity index (χ4v) is 2.66. The molecule has 0 spiro atoms. The number of fused-ring (bicyclic) bond motifs is 1. The van der Waals surface area contributed by atoms with Gasteiger partial charge in [0, 0.05) is 25.5 Å². The van der Waals surface area contributed by atoms with E-state index in [1.54, 1.807) is 12.4 Å². The van der Waals surface area contributed by atoms with E-state index in [1.165, 1.54) is 0 Å². The summed E-state index contributed by atoms with van der Waals surface area (Å²) in [5.74, 6) is 0.799. The van der Waals surface area contributed by atoms with Gasteiger partial charge in [0.15, 0.2) is 0 Å². The lowest BCUT2D eigenvalue weighted by molar-refractivity contribution is 0.0718. The van der Waals surface area contributed by atoms with Crippen LogP contribution in [-0.4, -0.2) is 36.4 Å². The number of aromatic nitrogens is 4. The molecule has 1 aromatic carbocycles. The highest BCUT2D eigenvalue weighted by molar-refractivity contribution is 5.94. The fourth-order valence-electron chi connectivity index (χ4n) is 2.66. The molecular weight excluding hydrogens is 290 g/mol. The summed E-state index contributed by atoms with van der Waals surface area (Å²) >= 11 is 0. The molecule has 4 rings (SSSR count). The van der Waals surface area contributed by atoms with Crippen LogP contribution in [0.2, 0.25) is 0 Å². The average molecular weight is 307 g/mol. The van der Waals surface area contributed by atoms with Crippen molar-refractivity contribution in [2.45, 2.75) is 25.4 Å². The van der Waals surface area contributed by atoms with Gasteiger partial charge in [0.1, 0.15) is 11.5 Å². The zero-order valence-electron chi connectivity index (χ0n) is 12.9. The highest BCUT2D eigenvalue weighted by atomic mass is 16.2. The molecule has 1 aliphatic rings. The molecule has 116 valence electrons. The molecular formula is C17H17N5O. The van der Waals surface area contributed by atoms with Crippen LogP contribution in [-0.2, 0) is 13.6 Å². The number of benzene rings is 1. The summed E-state index contributed by atoms with van der Waals surface area (Å²) in [5, 5.41) is 0. The van der Waals surface area contributed by atoms with E-state index in [0.717, 1.165) is 29.7 Å². The van der Waals surface area contributed by atoms with E-state index in [0.29, 0.717) is 12.2 Å². The van der Waals surface area contributed by atoms with E-state index < -0.39 is 0 Å². The minimum atomic E-state index is -0.0752. The second kappa shape index (κ2) is 5.46. The van der Waals surface area contributed by atoms with E-state index in [9.17, 15) is 4.79 Å². The molecule has 0 unspecified atom stereocenters. The third-order valence-corrected chi connectivity index (χ3v) is 4.15. The van der Waals surface area contributed by atoms with Crippen LogP contribution in [0.25, 0.3) is 11.0 Å². The topological polar surface area (TPSA) is 63.9 Å². The standard InChI is InChI=1S/C17H17N5O/c1-21-9-8-18-16(21)11-22(12-6-7-12)17(23)15-10-19-13-4-2-3-5-14(13)20-15/h2-5,8-10,12H,6-7,11H2,1H3. The molecule has 2 aromatic heterocycles. The number of rotatable bonds is 4. The van der Waals surface area contributed by atoms with Crippen LogP contribution >= 0.6 is 0 Å². The zero-order valence-corrected chi connectivity index (χ0v) is 12.9. The quantitative estimate of drug-likeness (QED) is 0.741. The molecule has 1 saturated carbocycles. The normalized spacial score (nSPS) is 14.1. The van der Waals surface area contributed by atoms with Crippen LogP contribution in [0.15, 0.2) is 42.9 Å². The Morgan fingerprint density at radius 1 is 1.26 bits per heavy atom.